The van der Waals surface area contributed by atoms with Crippen molar-refractivity contribution in [3.63, 3.8) is 0 Å². The van der Waals surface area contributed by atoms with Crippen molar-refractivity contribution in [2.24, 2.45) is 0 Å². The molecule has 0 radical (unpaired) electrons. The van der Waals surface area contributed by atoms with Gasteiger partial charge in [0.1, 0.15) is 13.2 Å². The Labute approximate surface area is 129 Å². The smallest absolute Gasteiger partial charge is 0.161 e. The number of ether oxygens (including phenoxy) is 2. The van der Waals surface area contributed by atoms with E-state index in [0.717, 1.165) is 33.4 Å². The minimum absolute atomic E-state index is 0.603. The van der Waals surface area contributed by atoms with Gasteiger partial charge in [0.15, 0.2) is 11.5 Å². The minimum Gasteiger partial charge on any atom is -0.486 e. The predicted octanol–water partition coefficient (Wildman–Crippen LogP) is 4.01. The fourth-order valence-corrected chi connectivity index (χ4v) is 2.53. The van der Waals surface area contributed by atoms with Gasteiger partial charge in [-0.3, -0.25) is 0 Å². The van der Waals surface area contributed by atoms with Crippen LogP contribution in [-0.4, -0.2) is 13.2 Å². The van der Waals surface area contributed by atoms with Crippen molar-refractivity contribution in [2.75, 3.05) is 13.2 Å². The Kier molecular flexibility index (Phi) is 3.18. The zero-order valence-corrected chi connectivity index (χ0v) is 12.0. The highest BCUT2D eigenvalue weighted by molar-refractivity contribution is 5.87. The highest BCUT2D eigenvalue weighted by Crippen LogP contribution is 2.34. The van der Waals surface area contributed by atoms with Crippen LogP contribution in [0, 0.1) is 11.8 Å². The zero-order valence-electron chi connectivity index (χ0n) is 12.0. The average Bonchev–Trinajstić information content (AvgIpc) is 2.59. The molecule has 2 heteroatoms. The molecule has 1 aliphatic rings. The van der Waals surface area contributed by atoms with Gasteiger partial charge in [-0.05, 0) is 47.2 Å². The van der Waals surface area contributed by atoms with E-state index in [0.29, 0.717) is 13.2 Å². The number of rotatable bonds is 0. The summed E-state index contributed by atoms with van der Waals surface area (Å²) in [5, 5.41) is 2.25. The summed E-state index contributed by atoms with van der Waals surface area (Å²) in [6.45, 7) is 1.21. The van der Waals surface area contributed by atoms with E-state index in [-0.39, 0.29) is 0 Å². The Balaban J connectivity index is 1.73. The van der Waals surface area contributed by atoms with Crippen molar-refractivity contribution in [3.8, 4) is 23.3 Å². The highest BCUT2D eigenvalue weighted by atomic mass is 16.6. The van der Waals surface area contributed by atoms with E-state index in [9.17, 15) is 0 Å². The SMILES string of the molecule is C(#Cc1ccc2cc3c(cc2c1)OCCO3)c1ccccc1. The number of benzene rings is 3. The number of hydrogen-bond acceptors (Lipinski definition) is 2. The van der Waals surface area contributed by atoms with Gasteiger partial charge in [-0.1, -0.05) is 36.1 Å². The first-order valence-electron chi connectivity index (χ1n) is 7.29. The normalized spacial score (nSPS) is 12.5. The maximum absolute atomic E-state index is 5.64. The van der Waals surface area contributed by atoms with Crippen LogP contribution in [0.15, 0.2) is 60.7 Å². The van der Waals surface area contributed by atoms with E-state index in [4.69, 9.17) is 9.47 Å². The third-order valence-electron chi connectivity index (χ3n) is 3.63. The second-order valence-corrected chi connectivity index (χ2v) is 5.17. The van der Waals surface area contributed by atoms with Gasteiger partial charge in [-0.2, -0.15) is 0 Å². The lowest BCUT2D eigenvalue weighted by Crippen LogP contribution is -2.15. The van der Waals surface area contributed by atoms with Crippen LogP contribution in [0.25, 0.3) is 10.8 Å². The van der Waals surface area contributed by atoms with E-state index in [2.05, 4.69) is 24.0 Å². The topological polar surface area (TPSA) is 18.5 Å². The van der Waals surface area contributed by atoms with Crippen molar-refractivity contribution in [1.29, 1.82) is 0 Å². The van der Waals surface area contributed by atoms with E-state index in [1.54, 1.807) is 0 Å². The zero-order chi connectivity index (χ0) is 14.8. The van der Waals surface area contributed by atoms with Crippen LogP contribution in [-0.2, 0) is 0 Å². The van der Waals surface area contributed by atoms with Gasteiger partial charge in [0.05, 0.1) is 0 Å². The summed E-state index contributed by atoms with van der Waals surface area (Å²) in [5.74, 6) is 8.03. The van der Waals surface area contributed by atoms with Crippen molar-refractivity contribution >= 4 is 10.8 Å². The molecule has 0 spiro atoms. The summed E-state index contributed by atoms with van der Waals surface area (Å²) in [6.07, 6.45) is 0. The van der Waals surface area contributed by atoms with E-state index in [1.165, 1.54) is 0 Å². The molecule has 0 aliphatic carbocycles. The molecule has 0 fully saturated rings. The van der Waals surface area contributed by atoms with E-state index < -0.39 is 0 Å². The lowest BCUT2D eigenvalue weighted by Gasteiger charge is -2.18. The van der Waals surface area contributed by atoms with Crippen LogP contribution in [0.1, 0.15) is 11.1 Å². The minimum atomic E-state index is 0.603. The summed E-state index contributed by atoms with van der Waals surface area (Å²) in [7, 11) is 0. The fraction of sp³-hybridized carbons (Fsp3) is 0.100. The summed E-state index contributed by atoms with van der Waals surface area (Å²) in [6, 6.07) is 20.2. The molecule has 3 aromatic carbocycles. The van der Waals surface area contributed by atoms with Crippen LogP contribution in [0.2, 0.25) is 0 Å². The summed E-state index contributed by atoms with van der Waals surface area (Å²) in [4.78, 5) is 0. The van der Waals surface area contributed by atoms with Crippen LogP contribution >= 0.6 is 0 Å². The Morgan fingerprint density at radius 3 is 2.09 bits per heavy atom. The van der Waals surface area contributed by atoms with E-state index >= 15 is 0 Å². The molecule has 106 valence electrons. The molecule has 0 bridgehead atoms. The summed E-state index contributed by atoms with van der Waals surface area (Å²) >= 11 is 0. The Morgan fingerprint density at radius 1 is 0.636 bits per heavy atom. The molecular formula is C20H14O2. The molecule has 0 saturated heterocycles. The third-order valence-corrected chi connectivity index (χ3v) is 3.63. The summed E-state index contributed by atoms with van der Waals surface area (Å²) < 4.78 is 11.3. The molecule has 2 nitrogen and oxygen atoms in total. The highest BCUT2D eigenvalue weighted by Gasteiger charge is 2.12. The molecule has 0 unspecified atom stereocenters. The molecule has 3 aromatic rings. The average molecular weight is 286 g/mol. The largest absolute Gasteiger partial charge is 0.486 e. The Hall–Kier alpha value is -2.92. The first-order chi connectivity index (χ1) is 10.9. The standard InChI is InChI=1S/C20H14O2/c1-2-4-15(5-3-1)6-7-16-8-9-17-13-19-20(14-18(17)12-16)22-11-10-21-19/h1-5,8-9,12-14H,10-11H2. The van der Waals surface area contributed by atoms with Crippen LogP contribution in [0.3, 0.4) is 0 Å². The van der Waals surface area contributed by atoms with Crippen molar-refractivity contribution in [2.45, 2.75) is 0 Å². The molecular weight excluding hydrogens is 272 g/mol. The molecule has 0 amide bonds. The van der Waals surface area contributed by atoms with Crippen molar-refractivity contribution < 1.29 is 9.47 Å². The van der Waals surface area contributed by atoms with Crippen molar-refractivity contribution in [3.05, 3.63) is 71.8 Å². The molecule has 1 heterocycles. The maximum Gasteiger partial charge on any atom is 0.161 e. The van der Waals surface area contributed by atoms with Gasteiger partial charge in [0.2, 0.25) is 0 Å². The second-order valence-electron chi connectivity index (χ2n) is 5.17. The lowest BCUT2D eigenvalue weighted by molar-refractivity contribution is 0.172. The Bertz CT molecular complexity index is 886. The summed E-state index contributed by atoms with van der Waals surface area (Å²) in [5.41, 5.74) is 2.01. The van der Waals surface area contributed by atoms with Gasteiger partial charge in [0, 0.05) is 11.1 Å². The van der Waals surface area contributed by atoms with Crippen LogP contribution < -0.4 is 9.47 Å². The molecule has 0 N–H and O–H groups in total. The molecule has 22 heavy (non-hydrogen) atoms. The van der Waals surface area contributed by atoms with Gasteiger partial charge in [0.25, 0.3) is 0 Å². The first kappa shape index (κ1) is 12.8. The quantitative estimate of drug-likeness (QED) is 0.581. The molecule has 0 aromatic heterocycles. The van der Waals surface area contributed by atoms with Gasteiger partial charge >= 0.3 is 0 Å². The first-order valence-corrected chi connectivity index (χ1v) is 7.29. The van der Waals surface area contributed by atoms with E-state index in [1.807, 2.05) is 48.5 Å². The van der Waals surface area contributed by atoms with Gasteiger partial charge < -0.3 is 9.47 Å². The molecule has 0 atom stereocenters. The fourth-order valence-electron chi connectivity index (χ4n) is 2.53. The lowest BCUT2D eigenvalue weighted by atomic mass is 10.1. The predicted molar refractivity (Wildman–Crippen MR) is 87.4 cm³/mol. The van der Waals surface area contributed by atoms with Crippen molar-refractivity contribution in [1.82, 2.24) is 0 Å². The van der Waals surface area contributed by atoms with Gasteiger partial charge in [-0.25, -0.2) is 0 Å². The monoisotopic (exact) mass is 286 g/mol. The number of hydrogen-bond donors (Lipinski definition) is 0. The Morgan fingerprint density at radius 2 is 1.32 bits per heavy atom. The number of fused-ring (bicyclic) bond motifs is 2. The van der Waals surface area contributed by atoms with Crippen LogP contribution in [0.4, 0.5) is 0 Å². The van der Waals surface area contributed by atoms with Gasteiger partial charge in [-0.15, -0.1) is 0 Å². The second kappa shape index (κ2) is 5.46. The third kappa shape index (κ3) is 2.49. The molecule has 0 saturated carbocycles. The molecule has 1 aliphatic heterocycles. The molecule has 4 rings (SSSR count). The van der Waals surface area contributed by atoms with Crippen LogP contribution in [0.5, 0.6) is 11.5 Å². The maximum atomic E-state index is 5.64.